The Kier molecular flexibility index (Phi) is 6.86. The molecule has 0 spiro atoms. The number of benzene rings is 1. The van der Waals surface area contributed by atoms with Gasteiger partial charge in [-0.2, -0.15) is 0 Å². The van der Waals surface area contributed by atoms with Gasteiger partial charge in [-0.25, -0.2) is 9.47 Å². The number of carbonyl (C=O) groups is 3. The van der Waals surface area contributed by atoms with Crippen LogP contribution in [0.4, 0.5) is 0 Å². The number of nitrogens with one attached hydrogen (secondary N) is 1. The number of nitrogens with zero attached hydrogens (tertiary/aromatic N) is 4. The Morgan fingerprint density at radius 1 is 1.12 bits per heavy atom. The van der Waals surface area contributed by atoms with Crippen molar-refractivity contribution in [2.75, 3.05) is 17.3 Å². The van der Waals surface area contributed by atoms with E-state index < -0.39 is 23.3 Å². The molecule has 1 fully saturated rings. The zero-order valence-electron chi connectivity index (χ0n) is 20.7. The average Bonchev–Trinajstić information content (AvgIpc) is 3.72. The van der Waals surface area contributed by atoms with E-state index in [4.69, 9.17) is 14.7 Å². The van der Waals surface area contributed by atoms with E-state index in [0.717, 1.165) is 5.56 Å². The van der Waals surface area contributed by atoms with Gasteiger partial charge in [0, 0.05) is 17.1 Å². The topological polar surface area (TPSA) is 170 Å². The summed E-state index contributed by atoms with van der Waals surface area (Å²) < 4.78 is 12.4. The van der Waals surface area contributed by atoms with Gasteiger partial charge in [-0.1, -0.05) is 42.1 Å². The van der Waals surface area contributed by atoms with Gasteiger partial charge in [0.1, 0.15) is 28.6 Å². The van der Waals surface area contributed by atoms with Crippen LogP contribution in [-0.4, -0.2) is 65.6 Å². The number of furan rings is 2. The third kappa shape index (κ3) is 4.75. The molecule has 0 aliphatic carbocycles. The predicted octanol–water partition coefficient (Wildman–Crippen LogP) is 2.59. The van der Waals surface area contributed by atoms with E-state index in [1.54, 1.807) is 18.2 Å². The summed E-state index contributed by atoms with van der Waals surface area (Å²) in [7, 11) is 0. The van der Waals surface area contributed by atoms with Crippen LogP contribution in [0.2, 0.25) is 0 Å². The molecule has 1 saturated heterocycles. The number of hydrogen-bond donors (Lipinski definition) is 3. The number of thioether (sulfide) groups is 2. The summed E-state index contributed by atoms with van der Waals surface area (Å²) in [4.78, 5) is 38.7. The van der Waals surface area contributed by atoms with E-state index in [1.807, 2.05) is 36.4 Å². The summed E-state index contributed by atoms with van der Waals surface area (Å²) in [6.07, 6.45) is 1.46. The monoisotopic (exact) mass is 578 g/mol. The lowest BCUT2D eigenvalue weighted by Crippen LogP contribution is -2.70. The van der Waals surface area contributed by atoms with Gasteiger partial charge in [-0.3, -0.25) is 14.5 Å². The Labute approximate surface area is 235 Å². The van der Waals surface area contributed by atoms with Gasteiger partial charge in [0.15, 0.2) is 5.76 Å². The fourth-order valence-corrected chi connectivity index (χ4v) is 6.84. The van der Waals surface area contributed by atoms with Crippen molar-refractivity contribution < 1.29 is 28.3 Å². The van der Waals surface area contributed by atoms with Crippen molar-refractivity contribution in [3.63, 3.8) is 0 Å². The molecule has 6 rings (SSSR count). The van der Waals surface area contributed by atoms with Crippen LogP contribution in [0, 0.1) is 0 Å². The Morgan fingerprint density at radius 3 is 2.67 bits per heavy atom. The fraction of sp³-hybridized carbons (Fsp3) is 0.192. The van der Waals surface area contributed by atoms with Crippen molar-refractivity contribution in [2.45, 2.75) is 23.0 Å². The van der Waals surface area contributed by atoms with Crippen LogP contribution in [0.1, 0.15) is 5.76 Å². The maximum absolute atomic E-state index is 12.9. The molecule has 0 bridgehead atoms. The molecule has 12 nitrogen and oxygen atoms in total. The minimum absolute atomic E-state index is 0.00891. The summed E-state index contributed by atoms with van der Waals surface area (Å²) in [5.74, 6) is 6.67. The van der Waals surface area contributed by atoms with Crippen LogP contribution < -0.4 is 11.2 Å². The van der Waals surface area contributed by atoms with Gasteiger partial charge >= 0.3 is 5.97 Å². The number of nitrogen functional groups attached to an aromatic ring is 1. The van der Waals surface area contributed by atoms with Crippen molar-refractivity contribution in [1.82, 2.24) is 25.1 Å². The smallest absolute Gasteiger partial charge is 0.352 e. The van der Waals surface area contributed by atoms with Gasteiger partial charge in [-0.05, 0) is 29.8 Å². The van der Waals surface area contributed by atoms with Crippen molar-refractivity contribution in [3.05, 3.63) is 77.9 Å². The fourth-order valence-electron chi connectivity index (χ4n) is 4.50. The van der Waals surface area contributed by atoms with Gasteiger partial charge in [-0.15, -0.1) is 22.0 Å². The largest absolute Gasteiger partial charge is 0.477 e. The standard InChI is InChI=1S/C26H22N6O6S2/c27-32-22(18-9-8-17(38-18)14-5-2-1-3-6-14)29-30-26(32)40-13-15-12-39-24-20(23(34)31(24)21(15)25(35)36)28-19(33)11-16-7-4-10-37-16/h1-10,20,24H,11-13,27H2,(H,28,33)(H,35,36)/t20-,24-/m1/s1. The molecule has 0 unspecified atom stereocenters. The summed E-state index contributed by atoms with van der Waals surface area (Å²) in [6, 6.07) is 15.7. The second-order valence-electron chi connectivity index (χ2n) is 8.96. The number of amides is 2. The van der Waals surface area contributed by atoms with Gasteiger partial charge in [0.2, 0.25) is 16.9 Å². The highest BCUT2D eigenvalue weighted by Gasteiger charge is 2.54. The number of fused-ring (bicyclic) bond motifs is 1. The molecule has 4 aromatic rings. The van der Waals surface area contributed by atoms with Crippen LogP contribution in [0.5, 0.6) is 0 Å². The molecule has 1 aromatic carbocycles. The van der Waals surface area contributed by atoms with Crippen LogP contribution in [-0.2, 0) is 20.8 Å². The van der Waals surface area contributed by atoms with E-state index in [9.17, 15) is 19.5 Å². The number of hydrogen-bond acceptors (Lipinski definition) is 10. The SMILES string of the molecule is Nn1c(SCC2=C(C(=O)O)N3C(=O)[C@@H](NC(=O)Cc4ccco4)[C@H]3SC2)nnc1-c1ccc(-c2ccccc2)o1. The van der Waals surface area contributed by atoms with E-state index >= 15 is 0 Å². The zero-order chi connectivity index (χ0) is 27.8. The minimum Gasteiger partial charge on any atom is -0.477 e. The molecule has 0 saturated carbocycles. The van der Waals surface area contributed by atoms with Crippen LogP contribution in [0.3, 0.4) is 0 Å². The maximum Gasteiger partial charge on any atom is 0.352 e. The second kappa shape index (κ2) is 10.6. The molecular weight excluding hydrogens is 556 g/mol. The first-order chi connectivity index (χ1) is 19.4. The lowest BCUT2D eigenvalue weighted by atomic mass is 10.0. The summed E-state index contributed by atoms with van der Waals surface area (Å²) >= 11 is 2.59. The Bertz CT molecular complexity index is 1610. The average molecular weight is 579 g/mol. The highest BCUT2D eigenvalue weighted by atomic mass is 32.2. The normalized spacial score (nSPS) is 18.4. The Morgan fingerprint density at radius 2 is 1.93 bits per heavy atom. The van der Waals surface area contributed by atoms with Gasteiger partial charge in [0.05, 0.1) is 12.7 Å². The molecule has 204 valence electrons. The van der Waals surface area contributed by atoms with Crippen molar-refractivity contribution in [3.8, 4) is 22.9 Å². The molecule has 5 heterocycles. The first kappa shape index (κ1) is 25.8. The summed E-state index contributed by atoms with van der Waals surface area (Å²) in [5.41, 5.74) is 1.37. The van der Waals surface area contributed by atoms with Crippen molar-refractivity contribution in [2.24, 2.45) is 0 Å². The number of carboxylic acids is 1. The quantitative estimate of drug-likeness (QED) is 0.152. The van der Waals surface area contributed by atoms with Gasteiger partial charge < -0.3 is 25.1 Å². The molecule has 2 atom stereocenters. The number of carbonyl (C=O) groups excluding carboxylic acids is 2. The lowest BCUT2D eigenvalue weighted by molar-refractivity contribution is -0.150. The molecule has 4 N–H and O–H groups in total. The highest BCUT2D eigenvalue weighted by molar-refractivity contribution is 8.01. The third-order valence-corrected chi connectivity index (χ3v) is 8.77. The third-order valence-electron chi connectivity index (χ3n) is 6.41. The number of rotatable bonds is 9. The first-order valence-electron chi connectivity index (χ1n) is 12.1. The molecular formula is C26H22N6O6S2. The minimum atomic E-state index is -1.21. The summed E-state index contributed by atoms with van der Waals surface area (Å²) in [5, 5.41) is 20.8. The number of β-lactam (4-membered cyclic amide) rings is 1. The Balaban J connectivity index is 1.14. The zero-order valence-corrected chi connectivity index (χ0v) is 22.4. The predicted molar refractivity (Wildman–Crippen MR) is 146 cm³/mol. The number of aromatic nitrogens is 3. The maximum atomic E-state index is 12.9. The number of carboxylic acid groups (broad SMARTS) is 1. The first-order valence-corrected chi connectivity index (χ1v) is 14.1. The van der Waals surface area contributed by atoms with E-state index in [2.05, 4.69) is 15.5 Å². The molecule has 40 heavy (non-hydrogen) atoms. The number of nitrogens with two attached hydrogens (primary N) is 1. The van der Waals surface area contributed by atoms with Gasteiger partial charge in [0.25, 0.3) is 5.91 Å². The molecule has 2 aliphatic rings. The van der Waals surface area contributed by atoms with E-state index in [-0.39, 0.29) is 23.8 Å². The van der Waals surface area contributed by atoms with Crippen LogP contribution >= 0.6 is 23.5 Å². The number of aliphatic carboxylic acids is 1. The van der Waals surface area contributed by atoms with Crippen molar-refractivity contribution in [1.29, 1.82) is 0 Å². The molecule has 0 radical (unpaired) electrons. The van der Waals surface area contributed by atoms with E-state index in [0.29, 0.717) is 39.6 Å². The Hall–Kier alpha value is -4.43. The summed E-state index contributed by atoms with van der Waals surface area (Å²) in [6.45, 7) is 0. The lowest BCUT2D eigenvalue weighted by Gasteiger charge is -2.49. The van der Waals surface area contributed by atoms with Crippen LogP contribution in [0.25, 0.3) is 22.9 Å². The molecule has 3 aromatic heterocycles. The molecule has 2 aliphatic heterocycles. The highest BCUT2D eigenvalue weighted by Crippen LogP contribution is 2.41. The van der Waals surface area contributed by atoms with E-state index in [1.165, 1.54) is 39.4 Å². The molecule has 2 amide bonds. The van der Waals surface area contributed by atoms with Crippen LogP contribution in [0.15, 0.2) is 86.1 Å². The molecule has 14 heteroatoms. The second-order valence-corrected chi connectivity index (χ2v) is 11.0. The van der Waals surface area contributed by atoms with Crippen molar-refractivity contribution >= 4 is 41.3 Å².